The van der Waals surface area contributed by atoms with E-state index in [2.05, 4.69) is 6.58 Å². The molecule has 0 bridgehead atoms. The van der Waals surface area contributed by atoms with Gasteiger partial charge in [0.05, 0.1) is 6.61 Å². The first-order valence-corrected chi connectivity index (χ1v) is 5.77. The lowest BCUT2D eigenvalue weighted by Crippen LogP contribution is -2.18. The number of hydrogen-bond donors (Lipinski definition) is 0. The molecule has 0 unspecified atom stereocenters. The van der Waals surface area contributed by atoms with Crippen molar-refractivity contribution in [1.29, 1.82) is 0 Å². The van der Waals surface area contributed by atoms with Gasteiger partial charge in [-0.15, -0.1) is 0 Å². The zero-order valence-electron chi connectivity index (χ0n) is 9.08. The van der Waals surface area contributed by atoms with Gasteiger partial charge in [0.15, 0.2) is 11.5 Å². The highest BCUT2D eigenvalue weighted by Crippen LogP contribution is 2.33. The van der Waals surface area contributed by atoms with Gasteiger partial charge in [0.1, 0.15) is 0 Å². The van der Waals surface area contributed by atoms with E-state index in [0.29, 0.717) is 18.1 Å². The first-order chi connectivity index (χ1) is 7.59. The molecule has 2 nitrogen and oxygen atoms in total. The van der Waals surface area contributed by atoms with Gasteiger partial charge < -0.3 is 9.47 Å². The number of hydrogen-bond acceptors (Lipinski definition) is 2. The summed E-state index contributed by atoms with van der Waals surface area (Å²) in [6.07, 6.45) is 2.23. The van der Waals surface area contributed by atoms with E-state index >= 15 is 0 Å². The molecule has 1 aromatic carbocycles. The molecule has 0 spiro atoms. The van der Waals surface area contributed by atoms with Crippen LogP contribution < -0.4 is 9.47 Å². The van der Waals surface area contributed by atoms with Crippen LogP contribution in [0.2, 0.25) is 0 Å². The van der Waals surface area contributed by atoms with Crippen molar-refractivity contribution in [3.05, 3.63) is 36.9 Å². The Bertz CT molecular complexity index is 351. The van der Waals surface area contributed by atoms with Crippen molar-refractivity contribution in [3.8, 4) is 11.5 Å². The van der Waals surface area contributed by atoms with Crippen molar-refractivity contribution in [1.82, 2.24) is 0 Å². The summed E-state index contributed by atoms with van der Waals surface area (Å²) in [7, 11) is 0. The van der Waals surface area contributed by atoms with Crippen LogP contribution in [0.1, 0.15) is 13.3 Å². The van der Waals surface area contributed by atoms with Crippen LogP contribution in [0.5, 0.6) is 11.5 Å². The summed E-state index contributed by atoms with van der Waals surface area (Å²) >= 11 is 11.7. The zero-order chi connectivity index (χ0) is 12.0. The second-order valence-corrected chi connectivity index (χ2v) is 4.48. The standard InChI is InChI=1S/C12H14Cl2O2/c1-3-9-15-10-7-5-6-8-11(10)16-12(13,14)4-2/h4-8H,2-3,9H2,1H3. The SMILES string of the molecule is C=CC(Cl)(Cl)Oc1ccccc1OCCC. The van der Waals surface area contributed by atoms with E-state index in [-0.39, 0.29) is 0 Å². The van der Waals surface area contributed by atoms with E-state index < -0.39 is 4.52 Å². The molecule has 0 aliphatic rings. The molecule has 0 heterocycles. The summed E-state index contributed by atoms with van der Waals surface area (Å²) in [6.45, 7) is 6.14. The molecule has 0 amide bonds. The van der Waals surface area contributed by atoms with Crippen molar-refractivity contribution < 1.29 is 9.47 Å². The molecule has 1 aromatic rings. The van der Waals surface area contributed by atoms with Crippen LogP contribution >= 0.6 is 23.2 Å². The topological polar surface area (TPSA) is 18.5 Å². The van der Waals surface area contributed by atoms with Crippen LogP contribution in [0.3, 0.4) is 0 Å². The summed E-state index contributed by atoms with van der Waals surface area (Å²) in [5.41, 5.74) is 0. The average Bonchev–Trinajstić information content (AvgIpc) is 2.27. The summed E-state index contributed by atoms with van der Waals surface area (Å²) in [4.78, 5) is 0. The zero-order valence-corrected chi connectivity index (χ0v) is 10.6. The molecule has 0 fully saturated rings. The van der Waals surface area contributed by atoms with Gasteiger partial charge in [-0.3, -0.25) is 0 Å². The Morgan fingerprint density at radius 2 is 1.94 bits per heavy atom. The van der Waals surface area contributed by atoms with Crippen LogP contribution in [0.4, 0.5) is 0 Å². The lowest BCUT2D eigenvalue weighted by molar-refractivity contribution is 0.253. The molecule has 16 heavy (non-hydrogen) atoms. The molecule has 0 aromatic heterocycles. The minimum atomic E-state index is -1.44. The van der Waals surface area contributed by atoms with Gasteiger partial charge in [-0.2, -0.15) is 0 Å². The number of halogens is 2. The third-order valence-corrected chi connectivity index (χ3v) is 2.26. The third-order valence-electron chi connectivity index (χ3n) is 1.79. The molecule has 0 N–H and O–H groups in total. The summed E-state index contributed by atoms with van der Waals surface area (Å²) in [5, 5.41) is 0. The fourth-order valence-corrected chi connectivity index (χ4v) is 1.22. The largest absolute Gasteiger partial charge is 0.490 e. The minimum Gasteiger partial charge on any atom is -0.490 e. The van der Waals surface area contributed by atoms with E-state index in [1.54, 1.807) is 12.1 Å². The predicted octanol–water partition coefficient (Wildman–Crippen LogP) is 4.17. The van der Waals surface area contributed by atoms with Crippen LogP contribution in [0.15, 0.2) is 36.9 Å². The Labute approximate surface area is 106 Å². The molecule has 0 saturated carbocycles. The Morgan fingerprint density at radius 3 is 2.50 bits per heavy atom. The van der Waals surface area contributed by atoms with E-state index in [9.17, 15) is 0 Å². The Morgan fingerprint density at radius 1 is 1.31 bits per heavy atom. The maximum absolute atomic E-state index is 5.83. The maximum atomic E-state index is 5.83. The molecular formula is C12H14Cl2O2. The van der Waals surface area contributed by atoms with Crippen LogP contribution in [0, 0.1) is 0 Å². The Hall–Kier alpha value is -0.860. The number of ether oxygens (including phenoxy) is 2. The highest BCUT2D eigenvalue weighted by Gasteiger charge is 2.22. The van der Waals surface area contributed by atoms with Crippen molar-refractivity contribution in [2.45, 2.75) is 17.9 Å². The average molecular weight is 261 g/mol. The van der Waals surface area contributed by atoms with E-state index in [4.69, 9.17) is 32.7 Å². The van der Waals surface area contributed by atoms with E-state index in [1.807, 2.05) is 19.1 Å². The predicted molar refractivity (Wildman–Crippen MR) is 67.5 cm³/mol. The second kappa shape index (κ2) is 6.02. The van der Waals surface area contributed by atoms with Crippen molar-refractivity contribution in [2.75, 3.05) is 6.61 Å². The summed E-state index contributed by atoms with van der Waals surface area (Å²) in [5.74, 6) is 1.12. The molecule has 4 heteroatoms. The van der Waals surface area contributed by atoms with Gasteiger partial charge in [-0.1, -0.05) is 48.8 Å². The maximum Gasteiger partial charge on any atom is 0.277 e. The minimum absolute atomic E-state index is 0.501. The highest BCUT2D eigenvalue weighted by molar-refractivity contribution is 6.48. The van der Waals surface area contributed by atoms with Gasteiger partial charge in [0.2, 0.25) is 0 Å². The Balaban J connectivity index is 2.82. The lowest BCUT2D eigenvalue weighted by Gasteiger charge is -2.19. The number of alkyl halides is 2. The summed E-state index contributed by atoms with van der Waals surface area (Å²) < 4.78 is 9.43. The van der Waals surface area contributed by atoms with Gasteiger partial charge >= 0.3 is 0 Å². The molecule has 0 atom stereocenters. The van der Waals surface area contributed by atoms with Gasteiger partial charge in [0.25, 0.3) is 4.52 Å². The van der Waals surface area contributed by atoms with Crippen LogP contribution in [-0.4, -0.2) is 11.1 Å². The van der Waals surface area contributed by atoms with Gasteiger partial charge in [-0.05, 0) is 24.6 Å². The molecule has 0 aliphatic carbocycles. The van der Waals surface area contributed by atoms with Crippen LogP contribution in [-0.2, 0) is 0 Å². The quantitative estimate of drug-likeness (QED) is 0.565. The number of rotatable bonds is 6. The third kappa shape index (κ3) is 3.95. The van der Waals surface area contributed by atoms with Gasteiger partial charge in [0, 0.05) is 0 Å². The lowest BCUT2D eigenvalue weighted by atomic mass is 10.3. The van der Waals surface area contributed by atoms with Crippen molar-refractivity contribution >= 4 is 23.2 Å². The fourth-order valence-electron chi connectivity index (χ4n) is 1.05. The normalized spacial score (nSPS) is 10.9. The first kappa shape index (κ1) is 13.2. The monoisotopic (exact) mass is 260 g/mol. The van der Waals surface area contributed by atoms with Gasteiger partial charge in [-0.25, -0.2) is 0 Å². The van der Waals surface area contributed by atoms with E-state index in [1.165, 1.54) is 6.08 Å². The van der Waals surface area contributed by atoms with Crippen molar-refractivity contribution in [3.63, 3.8) is 0 Å². The first-order valence-electron chi connectivity index (χ1n) is 5.01. The molecule has 0 saturated heterocycles. The molecule has 88 valence electrons. The van der Waals surface area contributed by atoms with Crippen molar-refractivity contribution in [2.24, 2.45) is 0 Å². The van der Waals surface area contributed by atoms with Crippen LogP contribution in [0.25, 0.3) is 0 Å². The number of benzene rings is 1. The second-order valence-electron chi connectivity index (χ2n) is 3.16. The number of para-hydroxylation sites is 2. The highest BCUT2D eigenvalue weighted by atomic mass is 35.5. The fraction of sp³-hybridized carbons (Fsp3) is 0.333. The molecule has 0 aliphatic heterocycles. The smallest absolute Gasteiger partial charge is 0.277 e. The molecule has 1 rings (SSSR count). The Kier molecular flexibility index (Phi) is 4.97. The molecule has 0 radical (unpaired) electrons. The van der Waals surface area contributed by atoms with E-state index in [0.717, 1.165) is 6.42 Å². The summed E-state index contributed by atoms with van der Waals surface area (Å²) in [6, 6.07) is 7.23. The molecular weight excluding hydrogens is 247 g/mol.